The summed E-state index contributed by atoms with van der Waals surface area (Å²) in [4.78, 5) is 0. The lowest BCUT2D eigenvalue weighted by atomic mass is 9.81. The molecule has 0 saturated heterocycles. The number of rotatable bonds is 4. The zero-order valence-corrected chi connectivity index (χ0v) is 13.3. The Morgan fingerprint density at radius 2 is 1.63 bits per heavy atom. The first-order chi connectivity index (χ1) is 8.69. The van der Waals surface area contributed by atoms with Gasteiger partial charge < -0.3 is 15.2 Å². The summed E-state index contributed by atoms with van der Waals surface area (Å²) >= 11 is 0. The van der Waals surface area contributed by atoms with E-state index in [9.17, 15) is 0 Å². The predicted octanol–water partition coefficient (Wildman–Crippen LogP) is 3.12. The number of ether oxygens (including phenoxy) is 2. The Labute approximate surface area is 117 Å². The zero-order valence-electron chi connectivity index (χ0n) is 13.3. The van der Waals surface area contributed by atoms with Crippen molar-refractivity contribution in [1.29, 1.82) is 0 Å². The second-order valence-corrected chi connectivity index (χ2v) is 6.26. The van der Waals surface area contributed by atoms with Crippen molar-refractivity contribution in [3.05, 3.63) is 28.8 Å². The highest BCUT2D eigenvalue weighted by Gasteiger charge is 2.29. The van der Waals surface area contributed by atoms with Gasteiger partial charge in [0, 0.05) is 13.7 Å². The minimum absolute atomic E-state index is 0.0110. The summed E-state index contributed by atoms with van der Waals surface area (Å²) in [6.45, 7) is 11.1. The van der Waals surface area contributed by atoms with E-state index < -0.39 is 5.60 Å². The number of aryl methyl sites for hydroxylation is 1. The first-order valence-corrected chi connectivity index (χ1v) is 6.64. The molecule has 0 spiro atoms. The molecule has 0 saturated carbocycles. The van der Waals surface area contributed by atoms with Gasteiger partial charge in [0.2, 0.25) is 0 Å². The van der Waals surface area contributed by atoms with Crippen molar-refractivity contribution >= 4 is 0 Å². The lowest BCUT2D eigenvalue weighted by molar-refractivity contribution is 0.00942. The highest BCUT2D eigenvalue weighted by molar-refractivity contribution is 5.47. The molecule has 0 heterocycles. The molecule has 1 aromatic rings. The maximum Gasteiger partial charge on any atom is 0.122 e. The molecule has 0 aromatic heterocycles. The van der Waals surface area contributed by atoms with Crippen LogP contribution in [0.2, 0.25) is 0 Å². The van der Waals surface area contributed by atoms with Crippen molar-refractivity contribution in [3.63, 3.8) is 0 Å². The van der Waals surface area contributed by atoms with E-state index >= 15 is 0 Å². The van der Waals surface area contributed by atoms with Crippen molar-refractivity contribution in [2.45, 2.75) is 45.6 Å². The molecule has 1 atom stereocenters. The Morgan fingerprint density at radius 1 is 1.05 bits per heavy atom. The minimum Gasteiger partial charge on any atom is -0.496 e. The molecule has 1 unspecified atom stereocenters. The normalized spacial score (nSPS) is 15.2. The summed E-state index contributed by atoms with van der Waals surface area (Å²) in [5.74, 6) is 0.921. The summed E-state index contributed by atoms with van der Waals surface area (Å²) in [6.07, 6.45) is 0. The molecule has 1 aromatic carbocycles. The van der Waals surface area contributed by atoms with Crippen LogP contribution in [0, 0.1) is 6.92 Å². The fraction of sp³-hybridized carbons (Fsp3) is 0.625. The van der Waals surface area contributed by atoms with Gasteiger partial charge >= 0.3 is 0 Å². The van der Waals surface area contributed by atoms with Crippen molar-refractivity contribution in [3.8, 4) is 5.75 Å². The van der Waals surface area contributed by atoms with Crippen LogP contribution in [0.5, 0.6) is 5.75 Å². The maximum absolute atomic E-state index is 5.89. The van der Waals surface area contributed by atoms with Crippen molar-refractivity contribution in [1.82, 2.24) is 0 Å². The Kier molecular flexibility index (Phi) is 4.64. The van der Waals surface area contributed by atoms with Gasteiger partial charge in [0.25, 0.3) is 0 Å². The average Bonchev–Trinajstić information content (AvgIpc) is 2.35. The van der Waals surface area contributed by atoms with E-state index in [2.05, 4.69) is 39.8 Å². The van der Waals surface area contributed by atoms with Crippen molar-refractivity contribution in [2.75, 3.05) is 20.8 Å². The first-order valence-electron chi connectivity index (χ1n) is 6.64. The molecule has 19 heavy (non-hydrogen) atoms. The Hall–Kier alpha value is -1.06. The molecular formula is C16H27NO2. The quantitative estimate of drug-likeness (QED) is 0.909. The van der Waals surface area contributed by atoms with Gasteiger partial charge in [0.1, 0.15) is 11.4 Å². The number of benzene rings is 1. The largest absolute Gasteiger partial charge is 0.496 e. The van der Waals surface area contributed by atoms with Crippen LogP contribution >= 0.6 is 0 Å². The highest BCUT2D eigenvalue weighted by atomic mass is 16.5. The number of nitrogens with two attached hydrogens (primary N) is 1. The minimum atomic E-state index is -0.462. The summed E-state index contributed by atoms with van der Waals surface area (Å²) in [5, 5.41) is 0. The first kappa shape index (κ1) is 16.0. The summed E-state index contributed by atoms with van der Waals surface area (Å²) in [7, 11) is 3.41. The summed E-state index contributed by atoms with van der Waals surface area (Å²) in [6, 6.07) is 4.24. The van der Waals surface area contributed by atoms with E-state index in [0.29, 0.717) is 6.54 Å². The van der Waals surface area contributed by atoms with E-state index in [1.54, 1.807) is 14.2 Å². The third kappa shape index (κ3) is 3.10. The molecule has 0 radical (unpaired) electrons. The number of hydrogen-bond donors (Lipinski definition) is 1. The van der Waals surface area contributed by atoms with Crippen LogP contribution in [0.4, 0.5) is 0 Å². The fourth-order valence-corrected chi connectivity index (χ4v) is 2.31. The van der Waals surface area contributed by atoms with E-state index in [0.717, 1.165) is 16.9 Å². The second-order valence-electron chi connectivity index (χ2n) is 6.26. The van der Waals surface area contributed by atoms with Gasteiger partial charge in [-0.15, -0.1) is 0 Å². The van der Waals surface area contributed by atoms with Crippen LogP contribution in [0.1, 0.15) is 44.4 Å². The smallest absolute Gasteiger partial charge is 0.122 e. The number of methoxy groups -OCH3 is 2. The topological polar surface area (TPSA) is 44.5 Å². The van der Waals surface area contributed by atoms with Gasteiger partial charge in [-0.25, -0.2) is 0 Å². The predicted molar refractivity (Wildman–Crippen MR) is 79.8 cm³/mol. The SMILES string of the molecule is COc1cc(C)c(C(C)(CN)OC)cc1C(C)(C)C. The molecule has 108 valence electrons. The Bertz CT molecular complexity index is 443. The Morgan fingerprint density at radius 3 is 2.00 bits per heavy atom. The molecule has 2 N–H and O–H groups in total. The third-order valence-corrected chi connectivity index (χ3v) is 3.76. The molecule has 0 amide bonds. The van der Waals surface area contributed by atoms with Gasteiger partial charge in [0.15, 0.2) is 0 Å². The van der Waals surface area contributed by atoms with Crippen LogP contribution < -0.4 is 10.5 Å². The fourth-order valence-electron chi connectivity index (χ4n) is 2.31. The molecule has 0 aliphatic heterocycles. The zero-order chi connectivity index (χ0) is 14.8. The van der Waals surface area contributed by atoms with E-state index in [4.69, 9.17) is 15.2 Å². The maximum atomic E-state index is 5.89. The summed E-state index contributed by atoms with van der Waals surface area (Å²) in [5.41, 5.74) is 8.88. The van der Waals surface area contributed by atoms with E-state index in [1.165, 1.54) is 5.56 Å². The molecule has 0 bridgehead atoms. The third-order valence-electron chi connectivity index (χ3n) is 3.76. The highest BCUT2D eigenvalue weighted by Crippen LogP contribution is 2.37. The van der Waals surface area contributed by atoms with Gasteiger partial charge in [-0.1, -0.05) is 20.8 Å². The van der Waals surface area contributed by atoms with Crippen LogP contribution in [-0.4, -0.2) is 20.8 Å². The van der Waals surface area contributed by atoms with Crippen molar-refractivity contribution in [2.24, 2.45) is 5.73 Å². The van der Waals surface area contributed by atoms with Gasteiger partial charge in [-0.2, -0.15) is 0 Å². The molecular weight excluding hydrogens is 238 g/mol. The molecule has 0 aliphatic carbocycles. The molecule has 0 aliphatic rings. The van der Waals surface area contributed by atoms with E-state index in [1.807, 2.05) is 6.92 Å². The second kappa shape index (κ2) is 5.51. The van der Waals surface area contributed by atoms with Crippen LogP contribution in [0.3, 0.4) is 0 Å². The Balaban J connectivity index is 3.52. The average molecular weight is 265 g/mol. The molecule has 3 heteroatoms. The summed E-state index contributed by atoms with van der Waals surface area (Å²) < 4.78 is 11.1. The monoisotopic (exact) mass is 265 g/mol. The molecule has 0 fully saturated rings. The lowest BCUT2D eigenvalue weighted by Crippen LogP contribution is -2.35. The van der Waals surface area contributed by atoms with Gasteiger partial charge in [-0.05, 0) is 48.1 Å². The standard InChI is InChI=1S/C16H27NO2/c1-11-8-14(18-6)13(15(2,3)4)9-12(11)16(5,10-17)19-7/h8-9H,10,17H2,1-7H3. The van der Waals surface area contributed by atoms with Crippen LogP contribution in [0.15, 0.2) is 12.1 Å². The van der Waals surface area contributed by atoms with Gasteiger partial charge in [-0.3, -0.25) is 0 Å². The van der Waals surface area contributed by atoms with Crippen LogP contribution in [-0.2, 0) is 15.8 Å². The van der Waals surface area contributed by atoms with Crippen molar-refractivity contribution < 1.29 is 9.47 Å². The lowest BCUT2D eigenvalue weighted by Gasteiger charge is -2.32. The van der Waals surface area contributed by atoms with E-state index in [-0.39, 0.29) is 5.41 Å². The molecule has 3 nitrogen and oxygen atoms in total. The van der Waals surface area contributed by atoms with Crippen LogP contribution in [0.25, 0.3) is 0 Å². The van der Waals surface area contributed by atoms with Gasteiger partial charge in [0.05, 0.1) is 7.11 Å². The molecule has 1 rings (SSSR count). The number of hydrogen-bond acceptors (Lipinski definition) is 3.